The molecule has 0 saturated heterocycles. The largest absolute Gasteiger partial charge is 0.496 e. The molecule has 1 unspecified atom stereocenters. The van der Waals surface area contributed by atoms with E-state index in [4.69, 9.17) is 16.3 Å². The van der Waals surface area contributed by atoms with Crippen molar-refractivity contribution >= 4 is 27.5 Å². The van der Waals surface area contributed by atoms with Gasteiger partial charge in [0.1, 0.15) is 11.6 Å². The second-order valence-electron chi connectivity index (χ2n) is 4.34. The Kier molecular flexibility index (Phi) is 5.02. The molecule has 0 aromatic heterocycles. The molecule has 2 aromatic rings. The van der Waals surface area contributed by atoms with Gasteiger partial charge in [-0.25, -0.2) is 4.39 Å². The highest BCUT2D eigenvalue weighted by molar-refractivity contribution is 9.10. The van der Waals surface area contributed by atoms with Gasteiger partial charge in [-0.05, 0) is 35.9 Å². The predicted molar refractivity (Wildman–Crippen MR) is 80.8 cm³/mol. The number of aliphatic hydroxyl groups is 1. The molecule has 0 bridgehead atoms. The molecular weight excluding hydrogens is 347 g/mol. The summed E-state index contributed by atoms with van der Waals surface area (Å²) in [5.41, 5.74) is 1.01. The van der Waals surface area contributed by atoms with Gasteiger partial charge in [-0.3, -0.25) is 0 Å². The van der Waals surface area contributed by atoms with Gasteiger partial charge in [-0.15, -0.1) is 0 Å². The van der Waals surface area contributed by atoms with E-state index >= 15 is 0 Å². The van der Waals surface area contributed by atoms with Crippen LogP contribution in [-0.2, 0) is 6.42 Å². The molecule has 1 N–H and O–H groups in total. The molecule has 2 rings (SSSR count). The Labute approximate surface area is 130 Å². The zero-order chi connectivity index (χ0) is 14.7. The summed E-state index contributed by atoms with van der Waals surface area (Å²) in [7, 11) is 1.56. The van der Waals surface area contributed by atoms with Crippen LogP contribution in [0.1, 0.15) is 17.2 Å². The summed E-state index contributed by atoms with van der Waals surface area (Å²) in [5, 5.41) is 10.5. The SMILES string of the molecule is COc1ccc(Br)cc1CC(O)c1ccc(Cl)cc1F. The van der Waals surface area contributed by atoms with Crippen LogP contribution < -0.4 is 4.74 Å². The summed E-state index contributed by atoms with van der Waals surface area (Å²) >= 11 is 9.07. The Balaban J connectivity index is 2.27. The number of ether oxygens (including phenoxy) is 1. The zero-order valence-corrected chi connectivity index (χ0v) is 13.1. The molecule has 0 aliphatic rings. The summed E-state index contributed by atoms with van der Waals surface area (Å²) in [6.07, 6.45) is -0.711. The van der Waals surface area contributed by atoms with E-state index in [1.54, 1.807) is 19.2 Å². The zero-order valence-electron chi connectivity index (χ0n) is 10.7. The molecule has 2 nitrogen and oxygen atoms in total. The van der Waals surface area contributed by atoms with Crippen LogP contribution in [0.5, 0.6) is 5.75 Å². The monoisotopic (exact) mass is 358 g/mol. The minimum absolute atomic E-state index is 0.219. The lowest BCUT2D eigenvalue weighted by molar-refractivity contribution is 0.172. The molecule has 0 radical (unpaired) electrons. The topological polar surface area (TPSA) is 29.5 Å². The first-order valence-corrected chi connectivity index (χ1v) is 7.14. The number of hydrogen-bond acceptors (Lipinski definition) is 2. The number of rotatable bonds is 4. The number of methoxy groups -OCH3 is 1. The molecule has 20 heavy (non-hydrogen) atoms. The molecule has 0 saturated carbocycles. The summed E-state index contributed by atoms with van der Waals surface area (Å²) in [4.78, 5) is 0. The Hall–Kier alpha value is -1.10. The molecule has 5 heteroatoms. The molecule has 1 atom stereocenters. The van der Waals surface area contributed by atoms with E-state index in [9.17, 15) is 9.50 Å². The van der Waals surface area contributed by atoms with E-state index in [2.05, 4.69) is 15.9 Å². The summed E-state index contributed by atoms with van der Waals surface area (Å²) in [6, 6.07) is 9.73. The van der Waals surface area contributed by atoms with E-state index in [-0.39, 0.29) is 12.0 Å². The molecular formula is C15H13BrClFO2. The van der Waals surface area contributed by atoms with Crippen molar-refractivity contribution in [1.29, 1.82) is 0 Å². The second-order valence-corrected chi connectivity index (χ2v) is 5.69. The lowest BCUT2D eigenvalue weighted by Gasteiger charge is -2.15. The van der Waals surface area contributed by atoms with E-state index in [1.165, 1.54) is 12.1 Å². The van der Waals surface area contributed by atoms with Crippen molar-refractivity contribution in [1.82, 2.24) is 0 Å². The second kappa shape index (κ2) is 6.57. The van der Waals surface area contributed by atoms with Gasteiger partial charge in [0.05, 0.1) is 13.2 Å². The first-order valence-electron chi connectivity index (χ1n) is 5.96. The van der Waals surface area contributed by atoms with Gasteiger partial charge in [0.25, 0.3) is 0 Å². The van der Waals surface area contributed by atoms with Gasteiger partial charge in [0, 0.05) is 21.5 Å². The fourth-order valence-corrected chi connectivity index (χ4v) is 2.56. The molecule has 2 aromatic carbocycles. The van der Waals surface area contributed by atoms with Crippen LogP contribution in [-0.4, -0.2) is 12.2 Å². The highest BCUT2D eigenvalue weighted by Crippen LogP contribution is 2.29. The van der Waals surface area contributed by atoms with Crippen molar-refractivity contribution in [3.8, 4) is 5.75 Å². The third kappa shape index (κ3) is 3.51. The summed E-state index contributed by atoms with van der Waals surface area (Å²) in [5.74, 6) is 0.139. The first-order chi connectivity index (χ1) is 9.51. The average Bonchev–Trinajstić information content (AvgIpc) is 2.38. The van der Waals surface area contributed by atoms with Crippen molar-refractivity contribution in [2.45, 2.75) is 12.5 Å². The fourth-order valence-electron chi connectivity index (χ4n) is 2.00. The highest BCUT2D eigenvalue weighted by atomic mass is 79.9. The van der Waals surface area contributed by atoms with Crippen LogP contribution in [0, 0.1) is 5.82 Å². The van der Waals surface area contributed by atoms with Crippen molar-refractivity contribution in [3.63, 3.8) is 0 Å². The van der Waals surface area contributed by atoms with Crippen LogP contribution in [0.2, 0.25) is 5.02 Å². The van der Waals surface area contributed by atoms with Gasteiger partial charge in [0.2, 0.25) is 0 Å². The van der Waals surface area contributed by atoms with Crippen molar-refractivity contribution in [3.05, 3.63) is 62.8 Å². The Morgan fingerprint density at radius 1 is 1.30 bits per heavy atom. The number of benzene rings is 2. The first kappa shape index (κ1) is 15.3. The van der Waals surface area contributed by atoms with Crippen molar-refractivity contribution in [2.24, 2.45) is 0 Å². The van der Waals surface area contributed by atoms with Crippen LogP contribution in [0.4, 0.5) is 4.39 Å². The van der Waals surface area contributed by atoms with E-state index in [0.29, 0.717) is 10.8 Å². The molecule has 0 heterocycles. The maximum atomic E-state index is 13.8. The Bertz CT molecular complexity index is 619. The minimum atomic E-state index is -0.963. The summed E-state index contributed by atoms with van der Waals surface area (Å²) < 4.78 is 19.9. The van der Waals surface area contributed by atoms with Gasteiger partial charge in [-0.2, -0.15) is 0 Å². The third-order valence-electron chi connectivity index (χ3n) is 2.98. The fraction of sp³-hybridized carbons (Fsp3) is 0.200. The van der Waals surface area contributed by atoms with E-state index < -0.39 is 11.9 Å². The van der Waals surface area contributed by atoms with E-state index in [0.717, 1.165) is 10.0 Å². The number of aliphatic hydroxyl groups excluding tert-OH is 1. The lowest BCUT2D eigenvalue weighted by Crippen LogP contribution is -2.05. The van der Waals surface area contributed by atoms with Crippen LogP contribution in [0.15, 0.2) is 40.9 Å². The van der Waals surface area contributed by atoms with Gasteiger partial charge < -0.3 is 9.84 Å². The van der Waals surface area contributed by atoms with Gasteiger partial charge in [-0.1, -0.05) is 33.6 Å². The Morgan fingerprint density at radius 2 is 2.05 bits per heavy atom. The third-order valence-corrected chi connectivity index (χ3v) is 3.71. The van der Waals surface area contributed by atoms with E-state index in [1.807, 2.05) is 12.1 Å². The molecule has 0 fully saturated rings. The predicted octanol–water partition coefficient (Wildman–Crippen LogP) is 4.53. The van der Waals surface area contributed by atoms with Gasteiger partial charge >= 0.3 is 0 Å². The van der Waals surface area contributed by atoms with Crippen molar-refractivity contribution < 1.29 is 14.2 Å². The smallest absolute Gasteiger partial charge is 0.130 e. The molecule has 0 aliphatic heterocycles. The standard InChI is InChI=1S/C15H13BrClFO2/c1-20-15-5-2-10(16)6-9(15)7-14(19)12-4-3-11(17)8-13(12)18/h2-6,8,14,19H,7H2,1H3. The molecule has 0 amide bonds. The highest BCUT2D eigenvalue weighted by Gasteiger charge is 2.16. The Morgan fingerprint density at radius 3 is 2.70 bits per heavy atom. The average molecular weight is 360 g/mol. The maximum Gasteiger partial charge on any atom is 0.130 e. The minimum Gasteiger partial charge on any atom is -0.496 e. The van der Waals surface area contributed by atoms with Crippen LogP contribution in [0.3, 0.4) is 0 Å². The van der Waals surface area contributed by atoms with Crippen LogP contribution >= 0.6 is 27.5 Å². The number of hydrogen-bond donors (Lipinski definition) is 1. The van der Waals surface area contributed by atoms with Crippen LogP contribution in [0.25, 0.3) is 0 Å². The molecule has 0 aliphatic carbocycles. The lowest BCUT2D eigenvalue weighted by atomic mass is 10.0. The number of halogens is 3. The summed E-state index contributed by atoms with van der Waals surface area (Å²) in [6.45, 7) is 0. The van der Waals surface area contributed by atoms with Crippen molar-refractivity contribution in [2.75, 3.05) is 7.11 Å². The quantitative estimate of drug-likeness (QED) is 0.869. The van der Waals surface area contributed by atoms with Gasteiger partial charge in [0.15, 0.2) is 0 Å². The molecule has 0 spiro atoms. The maximum absolute atomic E-state index is 13.8. The molecule has 106 valence electrons. The normalized spacial score (nSPS) is 12.2.